The number of amides is 1. The molecule has 0 saturated heterocycles. The number of likely N-dealkylation sites (N-methyl/N-ethyl adjacent to an activating group) is 1. The second kappa shape index (κ2) is 6.72. The van der Waals surface area contributed by atoms with E-state index in [1.807, 2.05) is 0 Å². The molecule has 1 aromatic heterocycles. The lowest BCUT2D eigenvalue weighted by Gasteiger charge is -2.15. The molecule has 0 atom stereocenters. The Morgan fingerprint density at radius 1 is 1.50 bits per heavy atom. The van der Waals surface area contributed by atoms with Crippen molar-refractivity contribution in [2.24, 2.45) is 0 Å². The molecule has 6 heteroatoms. The summed E-state index contributed by atoms with van der Waals surface area (Å²) in [6.45, 7) is 2.59. The van der Waals surface area contributed by atoms with Crippen LogP contribution in [0.5, 0.6) is 0 Å². The van der Waals surface area contributed by atoms with Gasteiger partial charge in [-0.2, -0.15) is 0 Å². The van der Waals surface area contributed by atoms with Gasteiger partial charge in [0, 0.05) is 18.1 Å². The predicted octanol–water partition coefficient (Wildman–Crippen LogP) is 3.21. The van der Waals surface area contributed by atoms with Crippen LogP contribution >= 0.6 is 11.6 Å². The number of benzene rings is 1. The van der Waals surface area contributed by atoms with Crippen LogP contribution in [0.2, 0.25) is 5.02 Å². The SMILES string of the molecule is CCCCON(C)C(=O)Cc1nc2ccc(Cl)cc2o1. The summed E-state index contributed by atoms with van der Waals surface area (Å²) in [5.74, 6) is 0.164. The van der Waals surface area contributed by atoms with Crippen LogP contribution in [-0.4, -0.2) is 29.6 Å². The molecule has 0 bridgehead atoms. The number of carbonyl (C=O) groups excluding carboxylic acids is 1. The highest BCUT2D eigenvalue weighted by Crippen LogP contribution is 2.20. The lowest BCUT2D eigenvalue weighted by Crippen LogP contribution is -2.29. The van der Waals surface area contributed by atoms with E-state index < -0.39 is 0 Å². The van der Waals surface area contributed by atoms with Crippen molar-refractivity contribution in [3.63, 3.8) is 0 Å². The summed E-state index contributed by atoms with van der Waals surface area (Å²) >= 11 is 5.87. The van der Waals surface area contributed by atoms with E-state index in [-0.39, 0.29) is 12.3 Å². The molecule has 1 aromatic carbocycles. The molecule has 0 aliphatic heterocycles. The number of aromatic nitrogens is 1. The lowest BCUT2D eigenvalue weighted by molar-refractivity contribution is -0.178. The van der Waals surface area contributed by atoms with E-state index >= 15 is 0 Å². The molecule has 0 aliphatic carbocycles. The van der Waals surface area contributed by atoms with Crippen molar-refractivity contribution in [3.05, 3.63) is 29.1 Å². The average Bonchev–Trinajstić information content (AvgIpc) is 2.80. The van der Waals surface area contributed by atoms with Crippen LogP contribution in [0.15, 0.2) is 22.6 Å². The molecule has 5 nitrogen and oxygen atoms in total. The first kappa shape index (κ1) is 14.8. The highest BCUT2D eigenvalue weighted by atomic mass is 35.5. The van der Waals surface area contributed by atoms with Gasteiger partial charge in [0.2, 0.25) is 5.89 Å². The molecule has 0 N–H and O–H groups in total. The molecule has 0 aliphatic rings. The Morgan fingerprint density at radius 2 is 2.30 bits per heavy atom. The highest BCUT2D eigenvalue weighted by molar-refractivity contribution is 6.31. The van der Waals surface area contributed by atoms with E-state index in [1.54, 1.807) is 25.2 Å². The summed E-state index contributed by atoms with van der Waals surface area (Å²) in [6, 6.07) is 5.17. The van der Waals surface area contributed by atoms with Crippen molar-refractivity contribution in [1.82, 2.24) is 10.0 Å². The summed E-state index contributed by atoms with van der Waals surface area (Å²) in [4.78, 5) is 21.5. The topological polar surface area (TPSA) is 55.6 Å². The maximum absolute atomic E-state index is 11.9. The van der Waals surface area contributed by atoms with Gasteiger partial charge in [-0.15, -0.1) is 0 Å². The van der Waals surface area contributed by atoms with Crippen LogP contribution in [0.3, 0.4) is 0 Å². The van der Waals surface area contributed by atoms with Gasteiger partial charge >= 0.3 is 0 Å². The molecule has 108 valence electrons. The monoisotopic (exact) mass is 296 g/mol. The Hall–Kier alpha value is -1.59. The molecule has 20 heavy (non-hydrogen) atoms. The van der Waals surface area contributed by atoms with Gasteiger partial charge in [0.1, 0.15) is 11.9 Å². The van der Waals surface area contributed by atoms with E-state index in [1.165, 1.54) is 5.06 Å². The zero-order chi connectivity index (χ0) is 14.5. The first-order valence-electron chi connectivity index (χ1n) is 6.54. The van der Waals surface area contributed by atoms with Crippen LogP contribution in [0.4, 0.5) is 0 Å². The van der Waals surface area contributed by atoms with Gasteiger partial charge in [0.05, 0.1) is 6.61 Å². The van der Waals surface area contributed by atoms with Crippen LogP contribution in [0.1, 0.15) is 25.7 Å². The van der Waals surface area contributed by atoms with Gasteiger partial charge in [-0.3, -0.25) is 9.63 Å². The van der Waals surface area contributed by atoms with Gasteiger partial charge in [-0.1, -0.05) is 24.9 Å². The molecule has 1 heterocycles. The third kappa shape index (κ3) is 3.71. The summed E-state index contributed by atoms with van der Waals surface area (Å²) in [5.41, 5.74) is 1.27. The molecule has 0 fully saturated rings. The second-order valence-corrected chi connectivity index (χ2v) is 4.91. The minimum Gasteiger partial charge on any atom is -0.440 e. The summed E-state index contributed by atoms with van der Waals surface area (Å²) in [7, 11) is 1.59. The van der Waals surface area contributed by atoms with Crippen LogP contribution in [0, 0.1) is 0 Å². The standard InChI is InChI=1S/C14H17ClN2O3/c1-3-4-7-19-17(2)14(18)9-13-16-11-6-5-10(15)8-12(11)20-13/h5-6,8H,3-4,7,9H2,1-2H3. The molecule has 0 unspecified atom stereocenters. The van der Waals surface area contributed by atoms with Gasteiger partial charge in [0.15, 0.2) is 5.58 Å². The van der Waals surface area contributed by atoms with Gasteiger partial charge in [0.25, 0.3) is 5.91 Å². The maximum Gasteiger partial charge on any atom is 0.255 e. The number of hydrogen-bond acceptors (Lipinski definition) is 4. The van der Waals surface area contributed by atoms with Crippen LogP contribution in [0.25, 0.3) is 11.1 Å². The number of carbonyl (C=O) groups is 1. The molecular weight excluding hydrogens is 280 g/mol. The quantitative estimate of drug-likeness (QED) is 0.607. The Balaban J connectivity index is 1.98. The maximum atomic E-state index is 11.9. The summed E-state index contributed by atoms with van der Waals surface area (Å²) in [6.07, 6.45) is 2.00. The van der Waals surface area contributed by atoms with Crippen LogP contribution < -0.4 is 0 Å². The van der Waals surface area contributed by atoms with Gasteiger partial charge in [-0.25, -0.2) is 10.0 Å². The first-order valence-corrected chi connectivity index (χ1v) is 6.92. The Labute approximate surface area is 122 Å². The fraction of sp³-hybridized carbons (Fsp3) is 0.429. The number of hydrogen-bond donors (Lipinski definition) is 0. The molecule has 1 amide bonds. The third-order valence-corrected chi connectivity index (χ3v) is 3.07. The zero-order valence-electron chi connectivity index (χ0n) is 11.6. The number of oxazole rings is 1. The number of halogens is 1. The van der Waals surface area contributed by atoms with Crippen LogP contribution in [-0.2, 0) is 16.1 Å². The molecule has 2 aromatic rings. The Kier molecular flexibility index (Phi) is 4.98. The molecule has 0 saturated carbocycles. The molecule has 0 radical (unpaired) electrons. The average molecular weight is 297 g/mol. The second-order valence-electron chi connectivity index (χ2n) is 4.47. The number of hydroxylamine groups is 2. The third-order valence-electron chi connectivity index (χ3n) is 2.83. The smallest absolute Gasteiger partial charge is 0.255 e. The fourth-order valence-corrected chi connectivity index (χ4v) is 1.84. The van der Waals surface area contributed by atoms with E-state index in [4.69, 9.17) is 20.9 Å². The van der Waals surface area contributed by atoms with E-state index in [0.717, 1.165) is 12.8 Å². The highest BCUT2D eigenvalue weighted by Gasteiger charge is 2.15. The lowest BCUT2D eigenvalue weighted by atomic mass is 10.3. The first-order chi connectivity index (χ1) is 9.60. The fourth-order valence-electron chi connectivity index (χ4n) is 1.68. The minimum atomic E-state index is -0.196. The van der Waals surface area contributed by atoms with Crippen molar-refractivity contribution >= 4 is 28.6 Å². The largest absolute Gasteiger partial charge is 0.440 e. The number of unbranched alkanes of at least 4 members (excludes halogenated alkanes) is 1. The number of rotatable bonds is 6. The number of nitrogens with zero attached hydrogens (tertiary/aromatic N) is 2. The minimum absolute atomic E-state index is 0.0644. The van der Waals surface area contributed by atoms with E-state index in [2.05, 4.69) is 11.9 Å². The normalized spacial score (nSPS) is 10.9. The molecular formula is C14H17ClN2O3. The van der Waals surface area contributed by atoms with Gasteiger partial charge in [-0.05, 0) is 18.6 Å². The molecule has 2 rings (SSSR count). The Bertz CT molecular complexity index is 597. The molecule has 0 spiro atoms. The van der Waals surface area contributed by atoms with Crippen molar-refractivity contribution in [2.75, 3.05) is 13.7 Å². The van der Waals surface area contributed by atoms with Crippen molar-refractivity contribution in [2.45, 2.75) is 26.2 Å². The van der Waals surface area contributed by atoms with E-state index in [0.29, 0.717) is 28.6 Å². The van der Waals surface area contributed by atoms with Crippen molar-refractivity contribution < 1.29 is 14.0 Å². The van der Waals surface area contributed by atoms with Crippen molar-refractivity contribution in [1.29, 1.82) is 0 Å². The van der Waals surface area contributed by atoms with E-state index in [9.17, 15) is 4.79 Å². The Morgan fingerprint density at radius 3 is 3.05 bits per heavy atom. The predicted molar refractivity (Wildman–Crippen MR) is 76.4 cm³/mol. The summed E-state index contributed by atoms with van der Waals surface area (Å²) in [5, 5.41) is 1.81. The van der Waals surface area contributed by atoms with Crippen molar-refractivity contribution in [3.8, 4) is 0 Å². The number of fused-ring (bicyclic) bond motifs is 1. The van der Waals surface area contributed by atoms with Gasteiger partial charge < -0.3 is 4.42 Å². The zero-order valence-corrected chi connectivity index (χ0v) is 12.3. The summed E-state index contributed by atoms with van der Waals surface area (Å²) < 4.78 is 5.50.